The number of para-hydroxylation sites is 1. The SMILES string of the molecule is CCCCCCSC1=NN2C(=c3ccccc3=NC2c2c(OCC)ccc3ccccc23)C(=O)N1. The Morgan fingerprint density at radius 2 is 1.83 bits per heavy atom. The van der Waals surface area contributed by atoms with E-state index in [0.29, 0.717) is 17.5 Å². The first-order valence-electron chi connectivity index (χ1n) is 12.3. The van der Waals surface area contributed by atoms with Gasteiger partial charge in [0.25, 0.3) is 5.91 Å². The van der Waals surface area contributed by atoms with Crippen LogP contribution in [-0.2, 0) is 4.79 Å². The molecule has 3 aromatic carbocycles. The first-order valence-corrected chi connectivity index (χ1v) is 13.3. The Kier molecular flexibility index (Phi) is 7.04. The number of amidine groups is 1. The predicted octanol–water partition coefficient (Wildman–Crippen LogP) is 4.70. The standard InChI is InChI=1S/C28H30N4O2S/c1-3-5-6-11-18-35-28-30-27(33)25-21-14-9-10-15-22(21)29-26(32(25)31-28)24-20-13-8-7-12-19(20)16-17-23(24)34-4-2/h7-10,12-17,26H,3-6,11,18H2,1-2H3,(H,30,31,33). The third-order valence-electron chi connectivity index (χ3n) is 6.24. The van der Waals surface area contributed by atoms with Gasteiger partial charge in [0.15, 0.2) is 11.3 Å². The molecule has 7 heteroatoms. The minimum Gasteiger partial charge on any atom is -0.493 e. The molecule has 2 heterocycles. The van der Waals surface area contributed by atoms with Crippen molar-refractivity contribution < 1.29 is 9.53 Å². The number of hydrazone groups is 1. The lowest BCUT2D eigenvalue weighted by Gasteiger charge is -2.35. The molecule has 2 aliphatic heterocycles. The normalized spacial score (nSPS) is 16.8. The van der Waals surface area contributed by atoms with E-state index in [9.17, 15) is 4.79 Å². The van der Waals surface area contributed by atoms with Gasteiger partial charge in [-0.15, -0.1) is 5.10 Å². The van der Waals surface area contributed by atoms with Crippen LogP contribution in [0.25, 0.3) is 16.5 Å². The van der Waals surface area contributed by atoms with Crippen molar-refractivity contribution in [2.75, 3.05) is 12.4 Å². The van der Waals surface area contributed by atoms with Gasteiger partial charge in [0.1, 0.15) is 11.4 Å². The number of carbonyl (C=O) groups excluding carboxylic acids is 1. The van der Waals surface area contributed by atoms with E-state index in [0.717, 1.165) is 44.8 Å². The summed E-state index contributed by atoms with van der Waals surface area (Å²) in [6, 6.07) is 20.0. The van der Waals surface area contributed by atoms with E-state index >= 15 is 0 Å². The number of unbranched alkanes of at least 4 members (excludes halogenated alkanes) is 3. The molecule has 6 nitrogen and oxygen atoms in total. The van der Waals surface area contributed by atoms with Crippen molar-refractivity contribution in [3.05, 3.63) is 76.8 Å². The molecule has 0 spiro atoms. The highest BCUT2D eigenvalue weighted by Crippen LogP contribution is 2.40. The highest BCUT2D eigenvalue weighted by Gasteiger charge is 2.36. The zero-order chi connectivity index (χ0) is 24.2. The molecule has 0 aromatic heterocycles. The molecule has 1 atom stereocenters. The Bertz CT molecular complexity index is 1400. The van der Waals surface area contributed by atoms with Gasteiger partial charge in [-0.1, -0.05) is 86.5 Å². The van der Waals surface area contributed by atoms with Crippen LogP contribution in [0.3, 0.4) is 0 Å². The van der Waals surface area contributed by atoms with E-state index in [4.69, 9.17) is 14.8 Å². The van der Waals surface area contributed by atoms with Gasteiger partial charge in [-0.05, 0) is 36.2 Å². The Morgan fingerprint density at radius 1 is 1.00 bits per heavy atom. The van der Waals surface area contributed by atoms with Crippen molar-refractivity contribution in [1.29, 1.82) is 0 Å². The number of amides is 1. The van der Waals surface area contributed by atoms with Crippen molar-refractivity contribution in [2.24, 2.45) is 10.1 Å². The maximum absolute atomic E-state index is 13.4. The van der Waals surface area contributed by atoms with E-state index in [1.165, 1.54) is 19.3 Å². The molecule has 0 bridgehead atoms. The molecule has 2 aliphatic rings. The van der Waals surface area contributed by atoms with Crippen LogP contribution in [0.2, 0.25) is 0 Å². The van der Waals surface area contributed by atoms with Gasteiger partial charge < -0.3 is 4.74 Å². The Balaban J connectivity index is 1.64. The molecule has 1 unspecified atom stereocenters. The zero-order valence-electron chi connectivity index (χ0n) is 20.2. The molecule has 0 aliphatic carbocycles. The zero-order valence-corrected chi connectivity index (χ0v) is 21.0. The summed E-state index contributed by atoms with van der Waals surface area (Å²) in [6.45, 7) is 4.72. The molecule has 180 valence electrons. The lowest BCUT2D eigenvalue weighted by Crippen LogP contribution is -2.50. The molecule has 1 amide bonds. The summed E-state index contributed by atoms with van der Waals surface area (Å²) < 4.78 is 6.07. The maximum atomic E-state index is 13.4. The molecule has 1 N–H and O–H groups in total. The second-order valence-corrected chi connectivity index (χ2v) is 9.70. The van der Waals surface area contributed by atoms with E-state index < -0.39 is 6.17 Å². The highest BCUT2D eigenvalue weighted by atomic mass is 32.2. The molecule has 0 saturated heterocycles. The molecule has 0 radical (unpaired) electrons. The number of hydrogen-bond donors (Lipinski definition) is 1. The first kappa shape index (κ1) is 23.4. The summed E-state index contributed by atoms with van der Waals surface area (Å²) in [4.78, 5) is 18.5. The van der Waals surface area contributed by atoms with Crippen LogP contribution in [0.5, 0.6) is 5.75 Å². The number of thioether (sulfide) groups is 1. The third-order valence-corrected chi connectivity index (χ3v) is 7.19. The number of ether oxygens (including phenoxy) is 1. The number of carbonyl (C=O) groups is 1. The minimum atomic E-state index is -0.519. The second kappa shape index (κ2) is 10.5. The number of fused-ring (bicyclic) bond motifs is 3. The fourth-order valence-corrected chi connectivity index (χ4v) is 5.45. The van der Waals surface area contributed by atoms with Gasteiger partial charge in [-0.2, -0.15) is 0 Å². The Morgan fingerprint density at radius 3 is 2.69 bits per heavy atom. The summed E-state index contributed by atoms with van der Waals surface area (Å²) in [5.41, 5.74) is 1.44. The number of hydrogen-bond acceptors (Lipinski definition) is 6. The van der Waals surface area contributed by atoms with E-state index in [1.807, 2.05) is 49.4 Å². The van der Waals surface area contributed by atoms with Crippen LogP contribution in [0, 0.1) is 0 Å². The smallest absolute Gasteiger partial charge is 0.276 e. The van der Waals surface area contributed by atoms with Crippen LogP contribution >= 0.6 is 11.8 Å². The summed E-state index contributed by atoms with van der Waals surface area (Å²) >= 11 is 1.59. The molecule has 0 fully saturated rings. The molecule has 5 rings (SSSR count). The third kappa shape index (κ3) is 4.65. The van der Waals surface area contributed by atoms with E-state index in [-0.39, 0.29) is 5.91 Å². The lowest BCUT2D eigenvalue weighted by atomic mass is 9.99. The van der Waals surface area contributed by atoms with Crippen molar-refractivity contribution in [3.8, 4) is 5.75 Å². The molecule has 0 saturated carbocycles. The van der Waals surface area contributed by atoms with Crippen LogP contribution < -0.4 is 20.6 Å². The molecule has 3 aromatic rings. The minimum absolute atomic E-state index is 0.151. The van der Waals surface area contributed by atoms with Crippen LogP contribution in [0.1, 0.15) is 51.3 Å². The predicted molar refractivity (Wildman–Crippen MR) is 143 cm³/mol. The first-order chi connectivity index (χ1) is 17.2. The van der Waals surface area contributed by atoms with Crippen molar-refractivity contribution in [3.63, 3.8) is 0 Å². The average molecular weight is 487 g/mol. The number of nitrogens with zero attached hydrogens (tertiary/aromatic N) is 3. The van der Waals surface area contributed by atoms with Gasteiger partial charge >= 0.3 is 0 Å². The van der Waals surface area contributed by atoms with Gasteiger partial charge in [0, 0.05) is 16.5 Å². The maximum Gasteiger partial charge on any atom is 0.276 e. The number of nitrogens with one attached hydrogen (secondary N) is 1. The van der Waals surface area contributed by atoms with Crippen LogP contribution in [0.4, 0.5) is 0 Å². The summed E-state index contributed by atoms with van der Waals surface area (Å²) in [5.74, 6) is 1.52. The number of rotatable bonds is 8. The summed E-state index contributed by atoms with van der Waals surface area (Å²) in [7, 11) is 0. The van der Waals surface area contributed by atoms with Gasteiger partial charge in [-0.25, -0.2) is 5.01 Å². The number of benzene rings is 3. The monoisotopic (exact) mass is 486 g/mol. The van der Waals surface area contributed by atoms with E-state index in [1.54, 1.807) is 16.8 Å². The molecule has 35 heavy (non-hydrogen) atoms. The van der Waals surface area contributed by atoms with Crippen LogP contribution in [0.15, 0.2) is 70.8 Å². The quantitative estimate of drug-likeness (QED) is 0.469. The van der Waals surface area contributed by atoms with Gasteiger partial charge in [-0.3, -0.25) is 15.1 Å². The topological polar surface area (TPSA) is 66.3 Å². The average Bonchev–Trinajstić information content (AvgIpc) is 2.88. The summed E-state index contributed by atoms with van der Waals surface area (Å²) in [6.07, 6.45) is 4.19. The second-order valence-electron chi connectivity index (χ2n) is 8.61. The summed E-state index contributed by atoms with van der Waals surface area (Å²) in [5, 5.41) is 14.1. The fourth-order valence-electron chi connectivity index (χ4n) is 4.60. The Hall–Kier alpha value is -3.32. The van der Waals surface area contributed by atoms with Crippen molar-refractivity contribution >= 4 is 39.3 Å². The van der Waals surface area contributed by atoms with Crippen LogP contribution in [-0.4, -0.2) is 28.4 Å². The van der Waals surface area contributed by atoms with Gasteiger partial charge in [0.2, 0.25) is 0 Å². The largest absolute Gasteiger partial charge is 0.493 e. The van der Waals surface area contributed by atoms with Crippen molar-refractivity contribution in [2.45, 2.75) is 45.7 Å². The van der Waals surface area contributed by atoms with Crippen molar-refractivity contribution in [1.82, 2.24) is 10.3 Å². The van der Waals surface area contributed by atoms with E-state index in [2.05, 4.69) is 30.4 Å². The molecular weight excluding hydrogens is 456 g/mol. The fraction of sp³-hybridized carbons (Fsp3) is 0.321. The molecular formula is C28H30N4O2S. The Labute approximate surface area is 209 Å². The lowest BCUT2D eigenvalue weighted by molar-refractivity contribution is -0.116. The van der Waals surface area contributed by atoms with Gasteiger partial charge in [0.05, 0.1) is 12.0 Å². The highest BCUT2D eigenvalue weighted by molar-refractivity contribution is 8.13.